The molecule has 1 aliphatic carbocycles. The van der Waals surface area contributed by atoms with E-state index in [4.69, 9.17) is 11.5 Å². The second kappa shape index (κ2) is 8.97. The number of pyridine rings is 1. The number of primary amides is 1. The number of carbonyl (C=O) groups excluding carboxylic acids is 1. The van der Waals surface area contributed by atoms with E-state index in [0.29, 0.717) is 18.1 Å². The van der Waals surface area contributed by atoms with Gasteiger partial charge in [-0.2, -0.15) is 0 Å². The van der Waals surface area contributed by atoms with Crippen LogP contribution in [0.2, 0.25) is 0 Å². The summed E-state index contributed by atoms with van der Waals surface area (Å²) >= 11 is 0. The molecule has 28 heavy (non-hydrogen) atoms. The first-order valence-corrected chi connectivity index (χ1v) is 9.89. The van der Waals surface area contributed by atoms with Gasteiger partial charge in [-0.1, -0.05) is 19.8 Å². The van der Waals surface area contributed by atoms with Crippen molar-refractivity contribution in [1.29, 1.82) is 0 Å². The number of aromatic nitrogens is 3. The molecule has 1 aliphatic rings. The molecule has 8 nitrogen and oxygen atoms in total. The van der Waals surface area contributed by atoms with E-state index in [-0.39, 0.29) is 17.8 Å². The van der Waals surface area contributed by atoms with E-state index in [0.717, 1.165) is 43.5 Å². The van der Waals surface area contributed by atoms with Crippen molar-refractivity contribution < 1.29 is 4.79 Å². The van der Waals surface area contributed by atoms with Crippen LogP contribution in [0.3, 0.4) is 0 Å². The summed E-state index contributed by atoms with van der Waals surface area (Å²) < 4.78 is 0. The smallest absolute Gasteiger partial charge is 0.271 e. The van der Waals surface area contributed by atoms with Crippen molar-refractivity contribution in [3.63, 3.8) is 0 Å². The lowest BCUT2D eigenvalue weighted by Crippen LogP contribution is -2.42. The van der Waals surface area contributed by atoms with Crippen molar-refractivity contribution in [3.8, 4) is 0 Å². The fourth-order valence-electron chi connectivity index (χ4n) is 3.61. The normalized spacial score (nSPS) is 19.2. The van der Waals surface area contributed by atoms with Gasteiger partial charge in [0.25, 0.3) is 5.91 Å². The Labute approximate surface area is 165 Å². The van der Waals surface area contributed by atoms with Crippen LogP contribution in [0.5, 0.6) is 0 Å². The average molecular weight is 384 g/mol. The first kappa shape index (κ1) is 20.0. The van der Waals surface area contributed by atoms with E-state index in [1.165, 1.54) is 0 Å². The highest BCUT2D eigenvalue weighted by atomic mass is 16.1. The topological polar surface area (TPSA) is 123 Å². The maximum absolute atomic E-state index is 12.0. The Morgan fingerprint density at radius 3 is 2.75 bits per heavy atom. The van der Waals surface area contributed by atoms with Gasteiger partial charge in [0, 0.05) is 30.9 Å². The average Bonchev–Trinajstić information content (AvgIpc) is 2.67. The quantitative estimate of drug-likeness (QED) is 0.671. The van der Waals surface area contributed by atoms with Crippen molar-refractivity contribution in [1.82, 2.24) is 15.2 Å². The molecule has 0 aromatic carbocycles. The molecule has 0 aliphatic heterocycles. The third kappa shape index (κ3) is 4.56. The number of aryl methyl sites for hydroxylation is 1. The van der Waals surface area contributed by atoms with Gasteiger partial charge in [-0.15, -0.1) is 10.2 Å². The summed E-state index contributed by atoms with van der Waals surface area (Å²) in [4.78, 5) is 18.5. The molecule has 8 heteroatoms. The predicted octanol–water partition coefficient (Wildman–Crippen LogP) is 2.51. The monoisotopic (exact) mass is 383 g/mol. The molecule has 1 saturated carbocycles. The van der Waals surface area contributed by atoms with Gasteiger partial charge in [-0.3, -0.25) is 4.79 Å². The van der Waals surface area contributed by atoms with Crippen LogP contribution in [0.1, 0.15) is 55.1 Å². The van der Waals surface area contributed by atoms with E-state index in [1.54, 1.807) is 6.20 Å². The molecular weight excluding hydrogens is 354 g/mol. The molecule has 3 rings (SSSR count). The van der Waals surface area contributed by atoms with Crippen LogP contribution in [0.4, 0.5) is 17.3 Å². The number of hydrogen-bond acceptors (Lipinski definition) is 7. The van der Waals surface area contributed by atoms with E-state index in [2.05, 4.69) is 27.4 Å². The maximum atomic E-state index is 12.0. The minimum Gasteiger partial charge on any atom is -0.364 e. The second-order valence-corrected chi connectivity index (χ2v) is 7.37. The number of carbonyl (C=O) groups is 1. The third-order valence-electron chi connectivity index (χ3n) is 5.08. The van der Waals surface area contributed by atoms with Gasteiger partial charge in [0.05, 0.1) is 5.69 Å². The summed E-state index contributed by atoms with van der Waals surface area (Å²) in [6.07, 6.45) is 6.90. The van der Waals surface area contributed by atoms with Gasteiger partial charge in [-0.05, 0) is 43.9 Å². The molecule has 0 bridgehead atoms. The van der Waals surface area contributed by atoms with Gasteiger partial charge < -0.3 is 21.7 Å². The summed E-state index contributed by atoms with van der Waals surface area (Å²) in [5.41, 5.74) is 13.7. The number of amides is 1. The highest BCUT2D eigenvalue weighted by Crippen LogP contribution is 2.29. The third-order valence-corrected chi connectivity index (χ3v) is 5.08. The Morgan fingerprint density at radius 2 is 2.07 bits per heavy atom. The van der Waals surface area contributed by atoms with Gasteiger partial charge in [0.15, 0.2) is 11.5 Å². The minimum absolute atomic E-state index is 0.0833. The zero-order valence-corrected chi connectivity index (χ0v) is 16.6. The van der Waals surface area contributed by atoms with Crippen LogP contribution in [-0.2, 0) is 0 Å². The number of nitrogens with one attached hydrogen (secondary N) is 1. The predicted molar refractivity (Wildman–Crippen MR) is 111 cm³/mol. The van der Waals surface area contributed by atoms with Crippen LogP contribution in [-0.4, -0.2) is 39.7 Å². The molecule has 0 radical (unpaired) electrons. The number of hydrogen-bond donors (Lipinski definition) is 3. The molecule has 5 N–H and O–H groups in total. The van der Waals surface area contributed by atoms with E-state index in [9.17, 15) is 4.79 Å². The number of nitrogens with two attached hydrogens (primary N) is 2. The van der Waals surface area contributed by atoms with Gasteiger partial charge in [0.2, 0.25) is 0 Å². The SMILES string of the molecule is CCCN(c1cc(C)ccn1)c1cc(N[C@@H]2CCCC[C@@H]2N)nnc1C(N)=O. The fourth-order valence-corrected chi connectivity index (χ4v) is 3.61. The molecule has 0 unspecified atom stereocenters. The number of nitrogens with zero attached hydrogens (tertiary/aromatic N) is 4. The van der Waals surface area contributed by atoms with Gasteiger partial charge in [-0.25, -0.2) is 4.98 Å². The largest absolute Gasteiger partial charge is 0.364 e. The van der Waals surface area contributed by atoms with E-state index < -0.39 is 5.91 Å². The first-order chi connectivity index (χ1) is 13.5. The fraction of sp³-hybridized carbons (Fsp3) is 0.500. The van der Waals surface area contributed by atoms with Crippen LogP contribution in [0, 0.1) is 6.92 Å². The highest BCUT2D eigenvalue weighted by Gasteiger charge is 2.24. The first-order valence-electron chi connectivity index (χ1n) is 9.89. The summed E-state index contributed by atoms with van der Waals surface area (Å²) in [6.45, 7) is 4.75. The zero-order valence-electron chi connectivity index (χ0n) is 16.6. The lowest BCUT2D eigenvalue weighted by atomic mass is 9.91. The van der Waals surface area contributed by atoms with Crippen LogP contribution in [0.25, 0.3) is 0 Å². The second-order valence-electron chi connectivity index (χ2n) is 7.37. The Morgan fingerprint density at radius 1 is 1.29 bits per heavy atom. The van der Waals surface area contributed by atoms with Crippen molar-refractivity contribution in [3.05, 3.63) is 35.7 Å². The Balaban J connectivity index is 1.98. The van der Waals surface area contributed by atoms with Gasteiger partial charge >= 0.3 is 0 Å². The van der Waals surface area contributed by atoms with Crippen molar-refractivity contribution in [2.24, 2.45) is 11.5 Å². The van der Waals surface area contributed by atoms with Crippen LogP contribution < -0.4 is 21.7 Å². The molecule has 1 fully saturated rings. The molecule has 2 heterocycles. The summed E-state index contributed by atoms with van der Waals surface area (Å²) in [5, 5.41) is 11.7. The number of rotatable bonds is 7. The summed E-state index contributed by atoms with van der Waals surface area (Å²) in [5.74, 6) is 0.728. The summed E-state index contributed by atoms with van der Waals surface area (Å²) in [7, 11) is 0. The van der Waals surface area contributed by atoms with E-state index in [1.807, 2.05) is 30.0 Å². The highest BCUT2D eigenvalue weighted by molar-refractivity contribution is 5.97. The van der Waals surface area contributed by atoms with Crippen LogP contribution >= 0.6 is 0 Å². The van der Waals surface area contributed by atoms with E-state index >= 15 is 0 Å². The minimum atomic E-state index is -0.614. The lowest BCUT2D eigenvalue weighted by molar-refractivity contribution is 0.0995. The van der Waals surface area contributed by atoms with Gasteiger partial charge in [0.1, 0.15) is 5.82 Å². The standard InChI is InChI=1S/C20H29N7O/c1-3-10-27(18-11-13(2)8-9-23-18)16-12-17(25-26-19(16)20(22)28)24-15-7-5-4-6-14(15)21/h8-9,11-12,14-15H,3-7,10,21H2,1-2H3,(H2,22,28)(H,24,25)/t14-,15+/m0/s1. The maximum Gasteiger partial charge on any atom is 0.271 e. The molecular formula is C20H29N7O. The summed E-state index contributed by atoms with van der Waals surface area (Å²) in [6, 6.07) is 5.97. The molecule has 150 valence electrons. The Hall–Kier alpha value is -2.74. The molecule has 1 amide bonds. The molecule has 2 aromatic heterocycles. The van der Waals surface area contributed by atoms with Crippen molar-refractivity contribution >= 4 is 23.2 Å². The Bertz CT molecular complexity index is 826. The molecule has 0 spiro atoms. The van der Waals surface area contributed by atoms with Crippen molar-refractivity contribution in [2.75, 3.05) is 16.8 Å². The lowest BCUT2D eigenvalue weighted by Gasteiger charge is -2.30. The Kier molecular flexibility index (Phi) is 6.41. The molecule has 2 aromatic rings. The van der Waals surface area contributed by atoms with Crippen molar-refractivity contribution in [2.45, 2.75) is 58.0 Å². The number of anilines is 3. The molecule has 0 saturated heterocycles. The zero-order chi connectivity index (χ0) is 20.1. The molecule has 2 atom stereocenters. The van der Waals surface area contributed by atoms with Crippen LogP contribution in [0.15, 0.2) is 24.4 Å².